The van der Waals surface area contributed by atoms with Crippen molar-refractivity contribution < 1.29 is 9.53 Å². The maximum atomic E-state index is 16.7. The number of hydrogen-bond acceptors (Lipinski definition) is 4. The van der Waals surface area contributed by atoms with E-state index in [1.54, 1.807) is 172 Å². The number of hydrogen-bond donors (Lipinski definition) is 1. The summed E-state index contributed by atoms with van der Waals surface area (Å²) in [7, 11) is 0. The van der Waals surface area contributed by atoms with Crippen molar-refractivity contribution in [1.82, 2.24) is 5.32 Å². The van der Waals surface area contributed by atoms with Crippen molar-refractivity contribution in [3.63, 3.8) is 0 Å². The summed E-state index contributed by atoms with van der Waals surface area (Å²) in [5.41, 5.74) is 5.35. The van der Waals surface area contributed by atoms with Crippen LogP contribution in [0.3, 0.4) is 0 Å². The van der Waals surface area contributed by atoms with E-state index in [2.05, 4.69) is 44.3 Å². The summed E-state index contributed by atoms with van der Waals surface area (Å²) in [4.78, 5) is 16.7. The largest absolute Gasteiger partial charge is 0.459 e. The number of carbonyl (C=O) groups excluding carboxylic acids is 1. The van der Waals surface area contributed by atoms with Crippen LogP contribution in [0.2, 0.25) is 0 Å². The first-order valence-electron chi connectivity index (χ1n) is 28.6. The Morgan fingerprint density at radius 2 is 0.564 bits per heavy atom. The number of rotatable bonds is 2. The molecule has 0 amide bonds. The molecule has 29 aromatic carbocycles. The van der Waals surface area contributed by atoms with E-state index in [0.717, 1.165) is 5.56 Å². The Morgan fingerprint density at radius 3 is 0.769 bits per heavy atom. The van der Waals surface area contributed by atoms with Crippen LogP contribution in [-0.2, 0) is 20.4 Å². The summed E-state index contributed by atoms with van der Waals surface area (Å²) in [5.74, 6) is -0.143. The zero-order valence-corrected chi connectivity index (χ0v) is 40.7. The van der Waals surface area contributed by atoms with E-state index in [9.17, 15) is 5.26 Å². The van der Waals surface area contributed by atoms with E-state index in [4.69, 9.17) is 4.74 Å². The minimum absolute atomic E-state index is 0.143. The fraction of sp³-hybridized carbons (Fsp3) is 0.108. The summed E-state index contributed by atoms with van der Waals surface area (Å²) in [5, 5.41) is 98.3. The fourth-order valence-electron chi connectivity index (χ4n) is 26.5. The van der Waals surface area contributed by atoms with Crippen molar-refractivity contribution in [3.05, 3.63) is 57.6 Å². The van der Waals surface area contributed by atoms with Crippen molar-refractivity contribution in [3.8, 4) is 6.07 Å². The molecule has 4 aliphatic carbocycles. The van der Waals surface area contributed by atoms with Gasteiger partial charge in [-0.2, -0.15) is 5.26 Å². The second-order valence-electron chi connectivity index (χ2n) is 28.7. The molecule has 2 spiro atoms. The molecule has 2 atom stereocenters. The van der Waals surface area contributed by atoms with E-state index < -0.39 is 22.5 Å². The Balaban J connectivity index is 1.09. The van der Waals surface area contributed by atoms with Gasteiger partial charge in [-0.05, 0) is 352 Å². The molecule has 5 aliphatic rings. The topological polar surface area (TPSA) is 62.1 Å². The first-order chi connectivity index (χ1) is 38.4. The van der Waals surface area contributed by atoms with Crippen molar-refractivity contribution in [2.24, 2.45) is 0 Å². The normalized spacial score (nSPS) is 23.4. The lowest BCUT2D eigenvalue weighted by molar-refractivity contribution is -0.158. The van der Waals surface area contributed by atoms with Gasteiger partial charge in [0.1, 0.15) is 11.6 Å². The third-order valence-electron chi connectivity index (χ3n) is 26.7. The summed E-state index contributed by atoms with van der Waals surface area (Å²) in [6.45, 7) is 6.21. The van der Waals surface area contributed by atoms with Crippen molar-refractivity contribution >= 4 is 297 Å². The van der Waals surface area contributed by atoms with Crippen LogP contribution >= 0.6 is 0 Å². The van der Waals surface area contributed by atoms with Crippen LogP contribution < -0.4 is 5.32 Å². The second kappa shape index (κ2) is 7.16. The lowest BCUT2D eigenvalue weighted by atomic mass is 9.46. The van der Waals surface area contributed by atoms with Crippen LogP contribution in [0, 0.1) is 11.3 Å². The fourth-order valence-corrected chi connectivity index (χ4v) is 26.5. The van der Waals surface area contributed by atoms with Gasteiger partial charge in [0.25, 0.3) is 0 Å². The molecule has 78 heavy (non-hydrogen) atoms. The average molecular weight is 965 g/mol. The molecule has 1 fully saturated rings. The molecule has 1 heterocycles. The minimum atomic E-state index is -0.876. The summed E-state index contributed by atoms with van der Waals surface area (Å²) in [6.07, 6.45) is 0. The Morgan fingerprint density at radius 1 is 0.359 bits per heavy atom. The smallest absolute Gasteiger partial charge is 0.325 e. The predicted octanol–water partition coefficient (Wildman–Crippen LogP) is 18.2. The Kier molecular flexibility index (Phi) is 2.84. The quantitative estimate of drug-likeness (QED) is 0.138. The summed E-state index contributed by atoms with van der Waals surface area (Å²) < 4.78 is 7.04. The average Bonchev–Trinajstić information content (AvgIpc) is 1.51. The number of nitrogens with zero attached hydrogens (tertiary/aromatic N) is 1. The standard InChI is InChI=1S/C74H16N2O2/c1-72(2,3)78-71(77)70-74-67-61-51-41-31-23-15-12-11-13-17-19(15)27-33-25(17)35-29-21(13)22-14(11)18-20-16(12)24(23)32-38-28(20)34-26(18)36-30(22)40-39(29)49-43(35)53-47(33)55(45(51)37(27)31)63(67)59(53)65-57(49)58-50(40)44(36)54-48(34)56-46(38)52(42(32)41)62(61)68(74)64(56)60(54)66(58)73(65,74)69(76-70)10-6-4-9(8-75)5-7-10/h4-7,69-70,76H,1-3H3/t69-,70+,73?,74?/m1/s1. The highest BCUT2D eigenvalue weighted by atomic mass is 16.6. The van der Waals surface area contributed by atoms with Crippen LogP contribution in [0.15, 0.2) is 24.3 Å². The molecule has 1 aliphatic heterocycles. The van der Waals surface area contributed by atoms with Crippen molar-refractivity contribution in [1.29, 1.82) is 5.26 Å². The predicted molar refractivity (Wildman–Crippen MR) is 321 cm³/mol. The van der Waals surface area contributed by atoms with E-state index >= 15 is 4.79 Å². The summed E-state index contributed by atoms with van der Waals surface area (Å²) in [6, 6.07) is 10.1. The SMILES string of the molecule is CC(C)(C)OC(=O)[C@@H]1N[C@H](c2ccc(C#N)cc2)C23c4c5c6c7c8c9c(c%10c%11c2c2c4c4c%12c5c5c6c6c8c8c%13c9c9c%10c%10c%11c%11c2c2c4c4c%12c%12c5c5c6c8c6c8c%13c9c9c%10c%10c%11c2c2c4c4c%12c5c6c5c8c9c%10c2c45)C713. The Labute approximate surface area is 427 Å². The third kappa shape index (κ3) is 1.75. The number of esters is 1. The maximum Gasteiger partial charge on any atom is 0.325 e. The van der Waals surface area contributed by atoms with Crippen molar-refractivity contribution in [2.75, 3.05) is 0 Å². The van der Waals surface area contributed by atoms with E-state index in [1.807, 2.05) is 12.1 Å². The molecular weight excluding hydrogens is 949 g/mol. The Bertz CT molecular complexity index is 7610. The van der Waals surface area contributed by atoms with Gasteiger partial charge in [-0.25, -0.2) is 0 Å². The number of benzene rings is 19. The molecule has 34 rings (SSSR count). The van der Waals surface area contributed by atoms with Gasteiger partial charge in [0.05, 0.1) is 22.5 Å². The molecule has 29 aromatic rings. The maximum absolute atomic E-state index is 16.7. The highest BCUT2D eigenvalue weighted by molar-refractivity contribution is 6.82. The zero-order valence-electron chi connectivity index (χ0n) is 40.7. The lowest BCUT2D eigenvalue weighted by Crippen LogP contribution is -2.57. The molecule has 1 saturated heterocycles. The molecule has 334 valence electrons. The van der Waals surface area contributed by atoms with Crippen LogP contribution in [0.5, 0.6) is 0 Å². The zero-order chi connectivity index (χ0) is 47.8. The highest BCUT2D eigenvalue weighted by Gasteiger charge is 2.79. The number of carbonyl (C=O) groups is 1. The highest BCUT2D eigenvalue weighted by Crippen LogP contribution is 2.87. The van der Waals surface area contributed by atoms with Gasteiger partial charge in [-0.1, -0.05) is 12.1 Å². The van der Waals surface area contributed by atoms with Gasteiger partial charge in [-0.15, -0.1) is 0 Å². The molecule has 1 N–H and O–H groups in total. The van der Waals surface area contributed by atoms with Gasteiger partial charge in [-0.3, -0.25) is 10.1 Å². The number of nitriles is 1. The van der Waals surface area contributed by atoms with Gasteiger partial charge in [0.15, 0.2) is 0 Å². The lowest BCUT2D eigenvalue weighted by Gasteiger charge is -2.53. The summed E-state index contributed by atoms with van der Waals surface area (Å²) >= 11 is 0. The van der Waals surface area contributed by atoms with Gasteiger partial charge in [0.2, 0.25) is 0 Å². The van der Waals surface area contributed by atoms with Crippen LogP contribution in [0.1, 0.15) is 60.2 Å². The first-order valence-corrected chi connectivity index (χ1v) is 28.6. The number of ether oxygens (including phenoxy) is 1. The Hall–Kier alpha value is -9.40. The van der Waals surface area contributed by atoms with Crippen LogP contribution in [0.25, 0.3) is 291 Å². The molecule has 4 nitrogen and oxygen atoms in total. The van der Waals surface area contributed by atoms with Gasteiger partial charge in [0, 0.05) is 6.04 Å². The molecule has 0 bridgehead atoms. The third-order valence-corrected chi connectivity index (χ3v) is 26.7. The molecule has 0 aromatic heterocycles. The second-order valence-corrected chi connectivity index (χ2v) is 28.7. The van der Waals surface area contributed by atoms with E-state index in [-0.39, 0.29) is 12.0 Å². The molecule has 0 saturated carbocycles. The van der Waals surface area contributed by atoms with Crippen molar-refractivity contribution in [2.45, 2.75) is 49.3 Å². The van der Waals surface area contributed by atoms with E-state index in [1.165, 1.54) is 141 Å². The first kappa shape index (κ1) is 31.0. The molecule has 0 radical (unpaired) electrons. The molecule has 4 heteroatoms. The molecule has 0 unspecified atom stereocenters. The van der Waals surface area contributed by atoms with E-state index in [0.29, 0.717) is 5.56 Å². The van der Waals surface area contributed by atoms with Crippen LogP contribution in [0.4, 0.5) is 0 Å². The molecular formula is C74H16N2O2. The minimum Gasteiger partial charge on any atom is -0.459 e. The van der Waals surface area contributed by atoms with Gasteiger partial charge >= 0.3 is 5.97 Å². The number of nitrogens with one attached hydrogen (secondary N) is 1. The van der Waals surface area contributed by atoms with Gasteiger partial charge < -0.3 is 4.74 Å². The van der Waals surface area contributed by atoms with Crippen LogP contribution in [-0.4, -0.2) is 17.6 Å². The monoisotopic (exact) mass is 964 g/mol.